The van der Waals surface area contributed by atoms with Gasteiger partial charge in [0.05, 0.1) is 4.90 Å². The molecule has 0 N–H and O–H groups in total. The average molecular weight is 331 g/mol. The van der Waals surface area contributed by atoms with Crippen LogP contribution in [0.5, 0.6) is 11.5 Å². The summed E-state index contributed by atoms with van der Waals surface area (Å²) in [6.45, 7) is 3.54. The van der Waals surface area contributed by atoms with E-state index >= 15 is 0 Å². The van der Waals surface area contributed by atoms with Gasteiger partial charge in [0.2, 0.25) is 0 Å². The third-order valence-electron chi connectivity index (χ3n) is 2.77. The molecule has 0 unspecified atom stereocenters. The summed E-state index contributed by atoms with van der Waals surface area (Å²) in [5.41, 5.74) is 1.43. The maximum absolute atomic E-state index is 11.3. The third kappa shape index (κ3) is 3.45. The summed E-state index contributed by atoms with van der Waals surface area (Å²) >= 11 is 5.94. The van der Waals surface area contributed by atoms with Crippen molar-refractivity contribution in [3.8, 4) is 11.5 Å². The Morgan fingerprint density at radius 3 is 2.00 bits per heavy atom. The zero-order valence-corrected chi connectivity index (χ0v) is 13.2. The van der Waals surface area contributed by atoms with Gasteiger partial charge < -0.3 is 4.74 Å². The van der Waals surface area contributed by atoms with E-state index in [-0.39, 0.29) is 4.90 Å². The number of ether oxygens (including phenoxy) is 1. The van der Waals surface area contributed by atoms with Gasteiger partial charge in [0.1, 0.15) is 11.5 Å². The molecule has 3 nitrogen and oxygen atoms in total. The van der Waals surface area contributed by atoms with Crippen molar-refractivity contribution in [1.82, 2.24) is 0 Å². The monoisotopic (exact) mass is 330 g/mol. The van der Waals surface area contributed by atoms with Crippen molar-refractivity contribution in [3.05, 3.63) is 52.5 Å². The molecule has 0 spiro atoms. The van der Waals surface area contributed by atoms with E-state index in [0.29, 0.717) is 22.1 Å². The van der Waals surface area contributed by atoms with E-state index < -0.39 is 9.05 Å². The second-order valence-corrected chi connectivity index (χ2v) is 7.32. The summed E-state index contributed by atoms with van der Waals surface area (Å²) < 4.78 is 28.3. The molecule has 0 aliphatic carbocycles. The van der Waals surface area contributed by atoms with Gasteiger partial charge in [0, 0.05) is 15.7 Å². The van der Waals surface area contributed by atoms with E-state index in [1.54, 1.807) is 31.2 Å². The molecule has 0 radical (unpaired) electrons. The Hall–Kier alpha value is -1.23. The maximum Gasteiger partial charge on any atom is 0.261 e. The van der Waals surface area contributed by atoms with Crippen LogP contribution in [-0.2, 0) is 9.05 Å². The molecule has 0 aromatic heterocycles. The highest BCUT2D eigenvalue weighted by Crippen LogP contribution is 2.29. The van der Waals surface area contributed by atoms with Crippen LogP contribution in [0.3, 0.4) is 0 Å². The molecule has 2 aromatic rings. The highest BCUT2D eigenvalue weighted by molar-refractivity contribution is 8.13. The fraction of sp³-hybridized carbons (Fsp3) is 0.143. The van der Waals surface area contributed by atoms with Crippen LogP contribution in [0.1, 0.15) is 11.1 Å². The lowest BCUT2D eigenvalue weighted by atomic mass is 10.2. The van der Waals surface area contributed by atoms with Gasteiger partial charge in [0.25, 0.3) is 9.05 Å². The molecule has 0 amide bonds. The molecule has 2 aromatic carbocycles. The first-order chi connectivity index (χ1) is 9.27. The van der Waals surface area contributed by atoms with Crippen molar-refractivity contribution in [2.24, 2.45) is 0 Å². The van der Waals surface area contributed by atoms with Gasteiger partial charge in [-0.15, -0.1) is 0 Å². The molecular formula is C14H12Cl2O3S. The summed E-state index contributed by atoms with van der Waals surface area (Å²) in [6.07, 6.45) is 0. The fourth-order valence-electron chi connectivity index (χ4n) is 1.78. The minimum Gasteiger partial charge on any atom is -0.457 e. The lowest BCUT2D eigenvalue weighted by Crippen LogP contribution is -1.95. The number of halogens is 2. The van der Waals surface area contributed by atoms with Gasteiger partial charge in [-0.05, 0) is 61.4 Å². The summed E-state index contributed by atoms with van der Waals surface area (Å²) in [6, 6.07) is 9.92. The molecule has 0 heterocycles. The zero-order valence-electron chi connectivity index (χ0n) is 10.9. The van der Waals surface area contributed by atoms with Gasteiger partial charge in [-0.2, -0.15) is 0 Å². The fourth-order valence-corrected chi connectivity index (χ4v) is 3.09. The van der Waals surface area contributed by atoms with Gasteiger partial charge in [-0.3, -0.25) is 0 Å². The summed E-state index contributed by atoms with van der Waals surface area (Å²) in [5, 5.41) is 0.664. The quantitative estimate of drug-likeness (QED) is 0.767. The first-order valence-electron chi connectivity index (χ1n) is 5.77. The first kappa shape index (κ1) is 15.2. The van der Waals surface area contributed by atoms with Gasteiger partial charge >= 0.3 is 0 Å². The van der Waals surface area contributed by atoms with Crippen LogP contribution in [0.4, 0.5) is 0 Å². The van der Waals surface area contributed by atoms with Crippen molar-refractivity contribution in [2.75, 3.05) is 0 Å². The molecule has 2 rings (SSSR count). The molecule has 20 heavy (non-hydrogen) atoms. The highest BCUT2D eigenvalue weighted by atomic mass is 35.7. The van der Waals surface area contributed by atoms with Gasteiger partial charge in [-0.25, -0.2) is 8.42 Å². The first-order valence-corrected chi connectivity index (χ1v) is 8.45. The van der Waals surface area contributed by atoms with Crippen LogP contribution in [-0.4, -0.2) is 8.42 Å². The number of rotatable bonds is 3. The minimum absolute atomic E-state index is 0.0822. The number of benzene rings is 2. The topological polar surface area (TPSA) is 43.4 Å². The lowest BCUT2D eigenvalue weighted by Gasteiger charge is -2.09. The van der Waals surface area contributed by atoms with Crippen LogP contribution >= 0.6 is 22.3 Å². The van der Waals surface area contributed by atoms with Crippen LogP contribution in [0.2, 0.25) is 5.02 Å². The Bertz CT molecular complexity index is 755. The third-order valence-corrected chi connectivity index (χ3v) is 4.68. The van der Waals surface area contributed by atoms with E-state index in [9.17, 15) is 8.42 Å². The molecule has 0 aliphatic rings. The molecule has 0 fully saturated rings. The highest BCUT2D eigenvalue weighted by Gasteiger charge is 2.14. The zero-order chi connectivity index (χ0) is 14.9. The number of aryl methyl sites for hydroxylation is 2. The van der Waals surface area contributed by atoms with E-state index in [2.05, 4.69) is 0 Å². The largest absolute Gasteiger partial charge is 0.457 e. The summed E-state index contributed by atoms with van der Waals surface area (Å²) in [5.74, 6) is 1.17. The van der Waals surface area contributed by atoms with Crippen LogP contribution in [0.15, 0.2) is 41.3 Å². The Morgan fingerprint density at radius 1 is 0.950 bits per heavy atom. The van der Waals surface area contributed by atoms with Crippen molar-refractivity contribution in [1.29, 1.82) is 0 Å². The molecule has 106 valence electrons. The number of hydrogen-bond acceptors (Lipinski definition) is 3. The Kier molecular flexibility index (Phi) is 4.28. The molecule has 0 bridgehead atoms. The van der Waals surface area contributed by atoms with Gasteiger partial charge in [0.15, 0.2) is 0 Å². The summed E-state index contributed by atoms with van der Waals surface area (Å²) in [4.78, 5) is 0.0822. The predicted octanol–water partition coefficient (Wildman–Crippen LogP) is 4.68. The minimum atomic E-state index is -3.74. The molecule has 6 heteroatoms. The Labute approximate surface area is 127 Å². The van der Waals surface area contributed by atoms with E-state index in [1.807, 2.05) is 13.0 Å². The Balaban J connectivity index is 2.31. The molecular weight excluding hydrogens is 319 g/mol. The molecule has 0 saturated carbocycles. The van der Waals surface area contributed by atoms with E-state index in [1.165, 1.54) is 6.07 Å². The second-order valence-electron chi connectivity index (χ2n) is 4.38. The SMILES string of the molecule is Cc1cc(Oc2ccc(S(=O)(=O)Cl)c(C)c2)ccc1Cl. The average Bonchev–Trinajstić information content (AvgIpc) is 2.32. The van der Waals surface area contributed by atoms with Crippen molar-refractivity contribution < 1.29 is 13.2 Å². The molecule has 0 aliphatic heterocycles. The normalized spacial score (nSPS) is 11.4. The van der Waals surface area contributed by atoms with Crippen LogP contribution in [0.25, 0.3) is 0 Å². The predicted molar refractivity (Wildman–Crippen MR) is 80.5 cm³/mol. The molecule has 0 saturated heterocycles. The number of hydrogen-bond donors (Lipinski definition) is 0. The smallest absolute Gasteiger partial charge is 0.261 e. The van der Waals surface area contributed by atoms with Crippen LogP contribution in [0, 0.1) is 13.8 Å². The van der Waals surface area contributed by atoms with E-state index in [0.717, 1.165) is 5.56 Å². The summed E-state index contributed by atoms with van der Waals surface area (Å²) in [7, 11) is 1.60. The molecule has 0 atom stereocenters. The van der Waals surface area contributed by atoms with Gasteiger partial charge in [-0.1, -0.05) is 11.6 Å². The second kappa shape index (κ2) is 5.64. The van der Waals surface area contributed by atoms with Crippen LogP contribution < -0.4 is 4.74 Å². The van der Waals surface area contributed by atoms with E-state index in [4.69, 9.17) is 27.0 Å². The lowest BCUT2D eigenvalue weighted by molar-refractivity contribution is 0.481. The standard InChI is InChI=1S/C14H12Cl2O3S/c1-9-7-11(3-5-13(9)15)19-12-4-6-14(10(2)8-12)20(16,17)18/h3-8H,1-2H3. The van der Waals surface area contributed by atoms with Crippen molar-refractivity contribution in [2.45, 2.75) is 18.7 Å². The van der Waals surface area contributed by atoms with Crippen molar-refractivity contribution in [3.63, 3.8) is 0 Å². The Morgan fingerprint density at radius 2 is 1.50 bits per heavy atom. The maximum atomic E-state index is 11.3. The van der Waals surface area contributed by atoms with Crippen molar-refractivity contribution >= 4 is 31.3 Å².